The van der Waals surface area contributed by atoms with E-state index < -0.39 is 18.3 Å². The molecule has 2 amide bonds. The van der Waals surface area contributed by atoms with Crippen molar-refractivity contribution in [2.45, 2.75) is 25.0 Å². The van der Waals surface area contributed by atoms with E-state index >= 15 is 0 Å². The Morgan fingerprint density at radius 2 is 1.66 bits per heavy atom. The minimum atomic E-state index is -0.740. The molecule has 3 rings (SSSR count). The van der Waals surface area contributed by atoms with Crippen LogP contribution in [0.1, 0.15) is 24.5 Å². The minimum Gasteiger partial charge on any atom is -0.508 e. The van der Waals surface area contributed by atoms with Gasteiger partial charge in [0.25, 0.3) is 0 Å². The van der Waals surface area contributed by atoms with Crippen molar-refractivity contribution in [3.05, 3.63) is 96.6 Å². The molecule has 0 heterocycles. The number of anilines is 3. The highest BCUT2D eigenvalue weighted by Gasteiger charge is 2.27. The number of aromatic hydroxyl groups is 1. The summed E-state index contributed by atoms with van der Waals surface area (Å²) >= 11 is 0. The monoisotopic (exact) mass is 475 g/mol. The highest BCUT2D eigenvalue weighted by Crippen LogP contribution is 2.28. The number of carbonyl (C=O) groups excluding carboxylic acids is 2. The van der Waals surface area contributed by atoms with Crippen molar-refractivity contribution in [2.24, 2.45) is 0 Å². The maximum atomic E-state index is 12.6. The minimum absolute atomic E-state index is 0.100. The van der Waals surface area contributed by atoms with Gasteiger partial charge in [-0.3, -0.25) is 10.1 Å². The van der Waals surface area contributed by atoms with Crippen LogP contribution in [0.2, 0.25) is 0 Å². The van der Waals surface area contributed by atoms with Crippen LogP contribution in [0.4, 0.5) is 21.9 Å². The Morgan fingerprint density at radius 3 is 2.34 bits per heavy atom. The molecule has 182 valence electrons. The van der Waals surface area contributed by atoms with Gasteiger partial charge in [0.2, 0.25) is 5.91 Å². The predicted octanol–water partition coefficient (Wildman–Crippen LogP) is 5.25. The van der Waals surface area contributed by atoms with Gasteiger partial charge in [-0.2, -0.15) is 0 Å². The van der Waals surface area contributed by atoms with Gasteiger partial charge in [-0.1, -0.05) is 48.5 Å². The number of benzene rings is 3. The summed E-state index contributed by atoms with van der Waals surface area (Å²) in [7, 11) is 1.53. The van der Waals surface area contributed by atoms with E-state index in [9.17, 15) is 14.7 Å². The molecule has 0 aliphatic heterocycles. The zero-order chi connectivity index (χ0) is 25.0. The molecule has 0 aliphatic carbocycles. The Hall–Kier alpha value is -4.30. The standard InChI is InChI=1S/C27H29N3O5/c1-34-24(13-7-8-14-25(32)30-23-12-6-5-11-22(23)28)26(19-15-17-21(31)18-16-19)35-27(33)29-20-9-3-2-4-10-20/h2-6,8-12,14-18,24,26,31H,7,13,28H2,1H3,(H,29,33)(H,30,32)/b14-8+/t24-,26-/m0/s1. The van der Waals surface area contributed by atoms with Crippen molar-refractivity contribution in [3.8, 4) is 5.75 Å². The van der Waals surface area contributed by atoms with Crippen LogP contribution < -0.4 is 16.4 Å². The van der Waals surface area contributed by atoms with Gasteiger partial charge in [0, 0.05) is 12.8 Å². The van der Waals surface area contributed by atoms with Crippen LogP contribution >= 0.6 is 0 Å². The van der Waals surface area contributed by atoms with E-state index in [1.807, 2.05) is 6.07 Å². The second kappa shape index (κ2) is 12.8. The fourth-order valence-electron chi connectivity index (χ4n) is 3.44. The molecule has 0 saturated heterocycles. The number of methoxy groups -OCH3 is 1. The second-order valence-corrected chi connectivity index (χ2v) is 7.74. The maximum Gasteiger partial charge on any atom is 0.412 e. The van der Waals surface area contributed by atoms with Crippen LogP contribution in [0.15, 0.2) is 91.0 Å². The lowest BCUT2D eigenvalue weighted by Crippen LogP contribution is -2.28. The molecule has 8 heteroatoms. The molecular weight excluding hydrogens is 446 g/mol. The summed E-state index contributed by atoms with van der Waals surface area (Å²) < 4.78 is 11.4. The smallest absolute Gasteiger partial charge is 0.412 e. The summed E-state index contributed by atoms with van der Waals surface area (Å²) in [6.07, 6.45) is 2.24. The second-order valence-electron chi connectivity index (χ2n) is 7.74. The highest BCUT2D eigenvalue weighted by atomic mass is 16.6. The Bertz CT molecular complexity index is 1130. The average Bonchev–Trinajstić information content (AvgIpc) is 2.86. The van der Waals surface area contributed by atoms with Crippen LogP contribution in [0.3, 0.4) is 0 Å². The largest absolute Gasteiger partial charge is 0.508 e. The van der Waals surface area contributed by atoms with Gasteiger partial charge in [0.05, 0.1) is 17.5 Å². The molecule has 0 unspecified atom stereocenters. The number of nitrogens with one attached hydrogen (secondary N) is 2. The molecule has 0 aromatic heterocycles. The van der Waals surface area contributed by atoms with Crippen molar-refractivity contribution in [2.75, 3.05) is 23.5 Å². The number of nitrogens with two attached hydrogens (primary N) is 1. The quantitative estimate of drug-likeness (QED) is 0.234. The van der Waals surface area contributed by atoms with Crippen LogP contribution in [-0.2, 0) is 14.3 Å². The Labute approximate surface area is 204 Å². The zero-order valence-electron chi connectivity index (χ0n) is 19.4. The average molecular weight is 476 g/mol. The lowest BCUT2D eigenvalue weighted by atomic mass is 10.00. The molecule has 8 nitrogen and oxygen atoms in total. The van der Waals surface area contributed by atoms with E-state index in [1.165, 1.54) is 25.3 Å². The summed E-state index contributed by atoms with van der Waals surface area (Å²) in [5, 5.41) is 15.1. The Morgan fingerprint density at radius 1 is 0.971 bits per heavy atom. The number of hydrogen-bond donors (Lipinski definition) is 4. The molecule has 0 radical (unpaired) electrons. The first-order chi connectivity index (χ1) is 17.0. The molecule has 5 N–H and O–H groups in total. The van der Waals surface area contributed by atoms with E-state index in [2.05, 4.69) is 10.6 Å². The summed E-state index contributed by atoms with van der Waals surface area (Å²) in [5.41, 5.74) is 8.14. The van der Waals surface area contributed by atoms with Gasteiger partial charge in [0.1, 0.15) is 5.75 Å². The highest BCUT2D eigenvalue weighted by molar-refractivity contribution is 6.01. The first-order valence-corrected chi connectivity index (χ1v) is 11.1. The van der Waals surface area contributed by atoms with E-state index in [-0.39, 0.29) is 11.7 Å². The van der Waals surface area contributed by atoms with Crippen LogP contribution in [-0.4, -0.2) is 30.3 Å². The molecule has 3 aromatic carbocycles. The Kier molecular flexibility index (Phi) is 9.27. The van der Waals surface area contributed by atoms with Crippen molar-refractivity contribution < 1.29 is 24.2 Å². The molecule has 0 aliphatic rings. The Balaban J connectivity index is 1.64. The van der Waals surface area contributed by atoms with E-state index in [0.717, 1.165) is 0 Å². The number of carbonyl (C=O) groups is 2. The van der Waals surface area contributed by atoms with E-state index in [1.54, 1.807) is 66.7 Å². The number of ether oxygens (including phenoxy) is 2. The number of amides is 2. The number of phenols is 1. The third-order valence-corrected chi connectivity index (χ3v) is 5.22. The van der Waals surface area contributed by atoms with Gasteiger partial charge in [-0.25, -0.2) is 4.79 Å². The van der Waals surface area contributed by atoms with Gasteiger partial charge in [0.15, 0.2) is 6.10 Å². The fraction of sp³-hybridized carbons (Fsp3) is 0.185. The summed E-state index contributed by atoms with van der Waals surface area (Å²) in [4.78, 5) is 24.8. The number of phenolic OH excluding ortho intramolecular Hbond substituents is 1. The van der Waals surface area contributed by atoms with Crippen LogP contribution in [0.5, 0.6) is 5.75 Å². The van der Waals surface area contributed by atoms with Gasteiger partial charge in [-0.05, 0) is 60.9 Å². The molecular formula is C27H29N3O5. The molecule has 0 bridgehead atoms. The van der Waals surface area contributed by atoms with Crippen molar-refractivity contribution in [1.29, 1.82) is 0 Å². The number of hydrogen-bond acceptors (Lipinski definition) is 6. The molecule has 35 heavy (non-hydrogen) atoms. The van der Waals surface area contributed by atoms with E-state index in [0.29, 0.717) is 35.5 Å². The first kappa shape index (κ1) is 25.3. The topological polar surface area (TPSA) is 123 Å². The predicted molar refractivity (Wildman–Crippen MR) is 136 cm³/mol. The van der Waals surface area contributed by atoms with Crippen molar-refractivity contribution in [3.63, 3.8) is 0 Å². The summed E-state index contributed by atoms with van der Waals surface area (Å²) in [6, 6.07) is 22.4. The fourth-order valence-corrected chi connectivity index (χ4v) is 3.44. The van der Waals surface area contributed by atoms with Crippen molar-refractivity contribution >= 4 is 29.1 Å². The normalized spacial score (nSPS) is 12.6. The summed E-state index contributed by atoms with van der Waals surface area (Å²) in [6.45, 7) is 0. The van der Waals surface area contributed by atoms with Gasteiger partial charge >= 0.3 is 6.09 Å². The van der Waals surface area contributed by atoms with Crippen LogP contribution in [0, 0.1) is 0 Å². The number of allylic oxidation sites excluding steroid dienone is 1. The third kappa shape index (κ3) is 7.90. The first-order valence-electron chi connectivity index (χ1n) is 11.1. The number of para-hydroxylation sites is 3. The zero-order valence-corrected chi connectivity index (χ0v) is 19.4. The lowest BCUT2D eigenvalue weighted by Gasteiger charge is -2.26. The van der Waals surface area contributed by atoms with Gasteiger partial charge < -0.3 is 25.6 Å². The van der Waals surface area contributed by atoms with Crippen molar-refractivity contribution in [1.82, 2.24) is 0 Å². The number of nitrogen functional groups attached to an aromatic ring is 1. The van der Waals surface area contributed by atoms with E-state index in [4.69, 9.17) is 15.2 Å². The van der Waals surface area contributed by atoms with Crippen LogP contribution in [0.25, 0.3) is 0 Å². The molecule has 0 spiro atoms. The summed E-state index contributed by atoms with van der Waals surface area (Å²) in [5.74, 6) is -0.200. The molecule has 0 fully saturated rings. The maximum absolute atomic E-state index is 12.6. The molecule has 0 saturated carbocycles. The third-order valence-electron chi connectivity index (χ3n) is 5.22. The molecule has 2 atom stereocenters. The molecule has 3 aromatic rings. The van der Waals surface area contributed by atoms with Gasteiger partial charge in [-0.15, -0.1) is 0 Å². The lowest BCUT2D eigenvalue weighted by molar-refractivity contribution is -0.111. The SMILES string of the molecule is CO[C@@H](CC/C=C/C(=O)Nc1ccccc1N)[C@@H](OC(=O)Nc1ccccc1)c1ccc(O)cc1. The number of rotatable bonds is 10.